The molecule has 1 aliphatic rings. The Morgan fingerprint density at radius 1 is 1.40 bits per heavy atom. The van der Waals surface area contributed by atoms with Gasteiger partial charge in [-0.2, -0.15) is 11.8 Å². The van der Waals surface area contributed by atoms with E-state index in [0.29, 0.717) is 0 Å². The Kier molecular flexibility index (Phi) is 3.93. The lowest BCUT2D eigenvalue weighted by Crippen LogP contribution is -2.44. The average molecular weight is 246 g/mol. The summed E-state index contributed by atoms with van der Waals surface area (Å²) in [7, 11) is -1.89. The zero-order valence-corrected chi connectivity index (χ0v) is 12.2. The van der Waals surface area contributed by atoms with Gasteiger partial charge in [-0.05, 0) is 30.3 Å². The maximum Gasteiger partial charge on any atom is 0.296 e. The molecule has 1 heterocycles. The molecule has 0 amide bonds. The molecule has 1 saturated heterocycles. The second-order valence-corrected chi connectivity index (χ2v) is 11.6. The van der Waals surface area contributed by atoms with Crippen molar-refractivity contribution in [1.29, 1.82) is 0 Å². The molecule has 0 radical (unpaired) electrons. The van der Waals surface area contributed by atoms with Crippen molar-refractivity contribution in [2.45, 2.75) is 45.3 Å². The molecule has 0 aliphatic carbocycles. The van der Waals surface area contributed by atoms with Gasteiger partial charge in [-0.15, -0.1) is 0 Å². The van der Waals surface area contributed by atoms with Gasteiger partial charge in [-0.1, -0.05) is 20.8 Å². The molecular formula is C11H22O2SSi. The van der Waals surface area contributed by atoms with Crippen LogP contribution in [0.1, 0.15) is 27.2 Å². The predicted octanol–water partition coefficient (Wildman–Crippen LogP) is 3.29. The van der Waals surface area contributed by atoms with Gasteiger partial charge in [0, 0.05) is 5.75 Å². The van der Waals surface area contributed by atoms with Crippen molar-refractivity contribution < 1.29 is 9.22 Å². The van der Waals surface area contributed by atoms with E-state index in [0.717, 1.165) is 17.9 Å². The molecule has 1 unspecified atom stereocenters. The molecule has 0 aromatic carbocycles. The minimum atomic E-state index is -1.89. The quantitative estimate of drug-likeness (QED) is 0.699. The highest BCUT2D eigenvalue weighted by atomic mass is 32.2. The first kappa shape index (κ1) is 13.1. The molecule has 4 heteroatoms. The van der Waals surface area contributed by atoms with Gasteiger partial charge in [0.15, 0.2) is 0 Å². The third-order valence-electron chi connectivity index (χ3n) is 3.42. The van der Waals surface area contributed by atoms with Gasteiger partial charge in [0.2, 0.25) is 0 Å². The minimum absolute atomic E-state index is 0.0478. The normalized spacial score (nSPS) is 22.9. The first-order valence-electron chi connectivity index (χ1n) is 5.54. The molecule has 0 saturated carbocycles. The van der Waals surface area contributed by atoms with Gasteiger partial charge in [0.25, 0.3) is 14.3 Å². The smallest absolute Gasteiger partial charge is 0.296 e. The molecule has 2 nitrogen and oxygen atoms in total. The van der Waals surface area contributed by atoms with E-state index in [1.54, 1.807) is 0 Å². The van der Waals surface area contributed by atoms with Gasteiger partial charge in [-0.25, -0.2) is 0 Å². The average Bonchev–Trinajstić information content (AvgIpc) is 2.51. The lowest BCUT2D eigenvalue weighted by Gasteiger charge is -2.36. The van der Waals surface area contributed by atoms with E-state index in [-0.39, 0.29) is 16.9 Å². The van der Waals surface area contributed by atoms with E-state index in [1.165, 1.54) is 0 Å². The highest BCUT2D eigenvalue weighted by Crippen LogP contribution is 2.37. The van der Waals surface area contributed by atoms with Crippen molar-refractivity contribution in [3.63, 3.8) is 0 Å². The van der Waals surface area contributed by atoms with Gasteiger partial charge in [0.05, 0.1) is 5.92 Å². The van der Waals surface area contributed by atoms with E-state index in [1.807, 2.05) is 11.8 Å². The molecule has 15 heavy (non-hydrogen) atoms. The van der Waals surface area contributed by atoms with Crippen LogP contribution in [0.3, 0.4) is 0 Å². The number of thioether (sulfide) groups is 1. The third kappa shape index (κ3) is 3.24. The Morgan fingerprint density at radius 2 is 2.00 bits per heavy atom. The van der Waals surface area contributed by atoms with Gasteiger partial charge in [-0.3, -0.25) is 4.79 Å². The summed E-state index contributed by atoms with van der Waals surface area (Å²) < 4.78 is 5.77. The summed E-state index contributed by atoms with van der Waals surface area (Å²) in [6, 6.07) is 0. The summed E-state index contributed by atoms with van der Waals surface area (Å²) in [5.74, 6) is 2.26. The molecule has 0 aromatic rings. The Labute approximate surface area is 98.3 Å². The molecule has 1 rings (SSSR count). The summed E-state index contributed by atoms with van der Waals surface area (Å²) in [6.07, 6.45) is 0.998. The minimum Gasteiger partial charge on any atom is -0.519 e. The van der Waals surface area contributed by atoms with Crippen LogP contribution in [-0.2, 0) is 9.22 Å². The maximum atomic E-state index is 11.9. The second-order valence-electron chi connectivity index (χ2n) is 5.74. The summed E-state index contributed by atoms with van der Waals surface area (Å²) in [4.78, 5) is 11.9. The highest BCUT2D eigenvalue weighted by Gasteiger charge is 2.41. The van der Waals surface area contributed by atoms with Crippen LogP contribution in [0.25, 0.3) is 0 Å². The van der Waals surface area contributed by atoms with Crippen molar-refractivity contribution in [3.05, 3.63) is 0 Å². The van der Waals surface area contributed by atoms with Gasteiger partial charge >= 0.3 is 0 Å². The van der Waals surface area contributed by atoms with E-state index >= 15 is 0 Å². The number of hydrogen-bond donors (Lipinski definition) is 0. The van der Waals surface area contributed by atoms with Crippen LogP contribution in [0.4, 0.5) is 0 Å². The summed E-state index contributed by atoms with van der Waals surface area (Å²) in [5.41, 5.74) is 0. The van der Waals surface area contributed by atoms with E-state index < -0.39 is 8.32 Å². The lowest BCUT2D eigenvalue weighted by molar-refractivity contribution is -0.139. The SMILES string of the molecule is CC(C)(C)[Si](C)(C)OC(=O)C1CCSC1. The predicted molar refractivity (Wildman–Crippen MR) is 68.7 cm³/mol. The summed E-state index contributed by atoms with van der Waals surface area (Å²) >= 11 is 1.86. The van der Waals surface area contributed by atoms with Crippen LogP contribution < -0.4 is 0 Å². The van der Waals surface area contributed by atoms with E-state index in [2.05, 4.69) is 33.9 Å². The first-order chi connectivity index (χ1) is 6.74. The fraction of sp³-hybridized carbons (Fsp3) is 0.909. The van der Waals surface area contributed by atoms with E-state index in [9.17, 15) is 4.79 Å². The summed E-state index contributed by atoms with van der Waals surface area (Å²) in [6.45, 7) is 10.8. The molecule has 1 atom stereocenters. The Balaban J connectivity index is 2.57. The number of hydrogen-bond acceptors (Lipinski definition) is 3. The zero-order valence-electron chi connectivity index (χ0n) is 10.4. The molecule has 1 aliphatic heterocycles. The van der Waals surface area contributed by atoms with Crippen LogP contribution in [0, 0.1) is 5.92 Å². The Bertz CT molecular complexity index is 239. The van der Waals surface area contributed by atoms with Crippen LogP contribution in [0.15, 0.2) is 0 Å². The maximum absolute atomic E-state index is 11.9. The van der Waals surface area contributed by atoms with Crippen molar-refractivity contribution >= 4 is 26.0 Å². The lowest BCUT2D eigenvalue weighted by atomic mass is 10.1. The molecule has 0 spiro atoms. The van der Waals surface area contributed by atoms with Crippen LogP contribution >= 0.6 is 11.8 Å². The molecule has 0 N–H and O–H groups in total. The molecule has 0 bridgehead atoms. The standard InChI is InChI=1S/C11H22O2SSi/c1-11(2,3)15(4,5)13-10(12)9-6-7-14-8-9/h9H,6-8H2,1-5H3. The van der Waals surface area contributed by atoms with Crippen LogP contribution in [0.5, 0.6) is 0 Å². The fourth-order valence-corrected chi connectivity index (χ4v) is 3.39. The van der Waals surface area contributed by atoms with Crippen molar-refractivity contribution in [2.24, 2.45) is 5.92 Å². The Morgan fingerprint density at radius 3 is 2.40 bits per heavy atom. The number of carbonyl (C=O) groups excluding carboxylic acids is 1. The number of carbonyl (C=O) groups is 1. The van der Waals surface area contributed by atoms with Crippen molar-refractivity contribution in [2.75, 3.05) is 11.5 Å². The fourth-order valence-electron chi connectivity index (χ4n) is 1.21. The third-order valence-corrected chi connectivity index (χ3v) is 8.91. The van der Waals surface area contributed by atoms with Crippen LogP contribution in [-0.4, -0.2) is 25.8 Å². The van der Waals surface area contributed by atoms with Crippen LogP contribution in [0.2, 0.25) is 18.1 Å². The number of rotatable bonds is 2. The largest absolute Gasteiger partial charge is 0.519 e. The van der Waals surface area contributed by atoms with Crippen molar-refractivity contribution in [3.8, 4) is 0 Å². The molecular weight excluding hydrogens is 224 g/mol. The van der Waals surface area contributed by atoms with Gasteiger partial charge in [0.1, 0.15) is 0 Å². The summed E-state index contributed by atoms with van der Waals surface area (Å²) in [5, 5.41) is 0.119. The first-order valence-corrected chi connectivity index (χ1v) is 9.61. The topological polar surface area (TPSA) is 26.3 Å². The molecule has 88 valence electrons. The van der Waals surface area contributed by atoms with Gasteiger partial charge < -0.3 is 4.43 Å². The monoisotopic (exact) mass is 246 g/mol. The molecule has 1 fully saturated rings. The van der Waals surface area contributed by atoms with Crippen molar-refractivity contribution in [1.82, 2.24) is 0 Å². The van der Waals surface area contributed by atoms with E-state index in [4.69, 9.17) is 4.43 Å². The molecule has 0 aromatic heterocycles. The Hall–Kier alpha value is 0.0369. The highest BCUT2D eigenvalue weighted by molar-refractivity contribution is 7.99. The second kappa shape index (κ2) is 4.50. The zero-order chi connectivity index (χ0) is 11.7.